The van der Waals surface area contributed by atoms with E-state index in [1.807, 2.05) is 0 Å². The van der Waals surface area contributed by atoms with Crippen LogP contribution in [0, 0.1) is 11.7 Å². The van der Waals surface area contributed by atoms with Gasteiger partial charge < -0.3 is 29.8 Å². The number of halogens is 2. The minimum absolute atomic E-state index is 0.1000. The summed E-state index contributed by atoms with van der Waals surface area (Å²) in [7, 11) is 1.35. The van der Waals surface area contributed by atoms with Gasteiger partial charge in [-0.05, 0) is 18.4 Å². The molecule has 0 radical (unpaired) electrons. The Morgan fingerprint density at radius 2 is 2.17 bits per heavy atom. The third-order valence-electron chi connectivity index (χ3n) is 6.13. The van der Waals surface area contributed by atoms with Gasteiger partial charge in [-0.25, -0.2) is 13.6 Å². The van der Waals surface area contributed by atoms with Gasteiger partial charge in [-0.15, -0.1) is 0 Å². The summed E-state index contributed by atoms with van der Waals surface area (Å²) in [5, 5.41) is 8.76. The molecule has 1 aliphatic heterocycles. The van der Waals surface area contributed by atoms with E-state index in [-0.39, 0.29) is 40.2 Å². The number of piperidine rings is 1. The van der Waals surface area contributed by atoms with Gasteiger partial charge in [-0.3, -0.25) is 4.79 Å². The average Bonchev–Trinajstić information content (AvgIpc) is 3.50. The highest BCUT2D eigenvalue weighted by Crippen LogP contribution is 2.52. The molecule has 1 aromatic carbocycles. The third-order valence-corrected chi connectivity index (χ3v) is 6.13. The minimum Gasteiger partial charge on any atom is -0.492 e. The Balaban J connectivity index is 1.76. The second kappa shape index (κ2) is 5.82. The lowest BCUT2D eigenvalue weighted by atomic mass is 10.1. The van der Waals surface area contributed by atoms with Crippen molar-refractivity contribution in [1.82, 2.24) is 4.57 Å². The number of carbonyl (C=O) groups is 1. The number of aromatic nitrogens is 1. The van der Waals surface area contributed by atoms with Crippen molar-refractivity contribution in [3.8, 4) is 11.5 Å². The maximum Gasteiger partial charge on any atom is 0.511 e. The zero-order valence-electron chi connectivity index (χ0n) is 15.5. The van der Waals surface area contributed by atoms with Crippen molar-refractivity contribution in [1.29, 1.82) is 0 Å². The molecule has 5 rings (SSSR count). The molecule has 8 nitrogen and oxygen atoms in total. The Bertz CT molecular complexity index is 1120. The van der Waals surface area contributed by atoms with Crippen LogP contribution in [-0.4, -0.2) is 47.7 Å². The normalized spacial score (nSPS) is 29.7. The molecule has 1 saturated heterocycles. The van der Waals surface area contributed by atoms with Crippen LogP contribution >= 0.6 is 0 Å². The predicted octanol–water partition coefficient (Wildman–Crippen LogP) is 2.03. The van der Waals surface area contributed by atoms with Crippen molar-refractivity contribution in [3.05, 3.63) is 28.3 Å². The van der Waals surface area contributed by atoms with Crippen LogP contribution in [0.2, 0.25) is 0 Å². The highest BCUT2D eigenvalue weighted by molar-refractivity contribution is 5.93. The van der Waals surface area contributed by atoms with Crippen LogP contribution in [0.5, 0.6) is 11.5 Å². The number of carboxylic acid groups (broad SMARTS) is 1. The summed E-state index contributed by atoms with van der Waals surface area (Å²) in [6.45, 7) is 1.02. The van der Waals surface area contributed by atoms with E-state index in [2.05, 4.69) is 4.74 Å². The number of anilines is 1. The van der Waals surface area contributed by atoms with E-state index in [4.69, 9.17) is 15.6 Å². The van der Waals surface area contributed by atoms with Crippen LogP contribution in [0.3, 0.4) is 0 Å². The molecule has 0 amide bonds. The van der Waals surface area contributed by atoms with Gasteiger partial charge in [0.1, 0.15) is 11.9 Å². The van der Waals surface area contributed by atoms with Gasteiger partial charge in [0.05, 0.1) is 30.3 Å². The maximum atomic E-state index is 15.1. The van der Waals surface area contributed by atoms with E-state index in [0.29, 0.717) is 13.1 Å². The Morgan fingerprint density at radius 3 is 2.72 bits per heavy atom. The molecule has 154 valence electrons. The Hall–Kier alpha value is -2.88. The van der Waals surface area contributed by atoms with Crippen molar-refractivity contribution in [2.45, 2.75) is 30.6 Å². The fraction of sp³-hybridized carbons (Fsp3) is 0.474. The molecule has 2 unspecified atom stereocenters. The number of ether oxygens (including phenoxy) is 2. The molecule has 3 aliphatic rings. The number of nitrogens with zero attached hydrogens (tertiary/aromatic N) is 2. The molecule has 0 bridgehead atoms. The third kappa shape index (κ3) is 2.65. The average molecular weight is 407 g/mol. The van der Waals surface area contributed by atoms with Gasteiger partial charge in [0.2, 0.25) is 5.43 Å². The number of methoxy groups -OCH3 is 1. The first-order chi connectivity index (χ1) is 13.7. The molecular formula is C19H19F2N3O5. The Labute approximate surface area is 163 Å². The monoisotopic (exact) mass is 407 g/mol. The molecule has 3 N–H and O–H groups in total. The first-order valence-corrected chi connectivity index (χ1v) is 9.27. The van der Waals surface area contributed by atoms with E-state index in [1.165, 1.54) is 11.7 Å². The quantitative estimate of drug-likeness (QED) is 0.747. The van der Waals surface area contributed by atoms with Gasteiger partial charge in [-0.1, -0.05) is 0 Å². The van der Waals surface area contributed by atoms with Crippen LogP contribution in [0.15, 0.2) is 17.1 Å². The highest BCUT2D eigenvalue weighted by Gasteiger charge is 2.58. The minimum atomic E-state index is -1.69. The van der Waals surface area contributed by atoms with Gasteiger partial charge in [0, 0.05) is 25.0 Å². The lowest BCUT2D eigenvalue weighted by Gasteiger charge is -2.26. The van der Waals surface area contributed by atoms with E-state index < -0.39 is 35.4 Å². The largest absolute Gasteiger partial charge is 0.511 e. The van der Waals surface area contributed by atoms with E-state index in [1.54, 1.807) is 4.90 Å². The second-order valence-corrected chi connectivity index (χ2v) is 8.07. The first-order valence-electron chi connectivity index (χ1n) is 9.27. The van der Waals surface area contributed by atoms with Crippen LogP contribution in [0.25, 0.3) is 10.9 Å². The fourth-order valence-corrected chi connectivity index (χ4v) is 4.47. The van der Waals surface area contributed by atoms with Gasteiger partial charge >= 0.3 is 6.16 Å². The number of benzene rings is 1. The van der Waals surface area contributed by atoms with Gasteiger partial charge in [0.25, 0.3) is 0 Å². The van der Waals surface area contributed by atoms with Crippen LogP contribution in [0.1, 0.15) is 18.9 Å². The predicted molar refractivity (Wildman–Crippen MR) is 99.2 cm³/mol. The van der Waals surface area contributed by atoms with Crippen molar-refractivity contribution in [2.75, 3.05) is 25.1 Å². The van der Waals surface area contributed by atoms with E-state index >= 15 is 4.39 Å². The molecule has 2 saturated carbocycles. The molecule has 2 heterocycles. The van der Waals surface area contributed by atoms with Crippen LogP contribution in [0.4, 0.5) is 19.3 Å². The number of hydrogen-bond donors (Lipinski definition) is 2. The summed E-state index contributed by atoms with van der Waals surface area (Å²) in [5.41, 5.74) is 5.49. The number of hydrogen-bond acceptors (Lipinski definition) is 6. The fourth-order valence-electron chi connectivity index (χ4n) is 4.47. The summed E-state index contributed by atoms with van der Waals surface area (Å²) < 4.78 is 40.5. The van der Waals surface area contributed by atoms with Crippen molar-refractivity contribution in [3.63, 3.8) is 0 Å². The summed E-state index contributed by atoms with van der Waals surface area (Å²) in [5.74, 6) is -0.831. The van der Waals surface area contributed by atoms with Crippen LogP contribution in [-0.2, 0) is 0 Å². The van der Waals surface area contributed by atoms with E-state index in [0.717, 1.165) is 18.7 Å². The van der Waals surface area contributed by atoms with Gasteiger partial charge in [-0.2, -0.15) is 0 Å². The molecular weight excluding hydrogens is 388 g/mol. The Morgan fingerprint density at radius 1 is 1.45 bits per heavy atom. The summed E-state index contributed by atoms with van der Waals surface area (Å²) >= 11 is 0. The summed E-state index contributed by atoms with van der Waals surface area (Å²) in [4.78, 5) is 25.5. The first kappa shape index (κ1) is 18.2. The second-order valence-electron chi connectivity index (χ2n) is 8.07. The molecule has 4 atom stereocenters. The number of fused-ring (bicyclic) bond motifs is 2. The maximum absolute atomic E-state index is 15.1. The number of rotatable bonds is 4. The van der Waals surface area contributed by atoms with Crippen molar-refractivity contribution in [2.24, 2.45) is 11.7 Å². The summed E-state index contributed by atoms with van der Waals surface area (Å²) in [6, 6.07) is 0.415. The van der Waals surface area contributed by atoms with E-state index in [9.17, 15) is 14.0 Å². The molecule has 0 spiro atoms. The SMILES string of the molecule is COc1c(N2CC3CC3(N)C2)c(F)cc2c(=O)c(OC(=O)O)cn([C@@H]3C[C@@H]3F)c12. The smallest absolute Gasteiger partial charge is 0.492 e. The molecule has 29 heavy (non-hydrogen) atoms. The number of nitrogens with two attached hydrogens (primary N) is 1. The zero-order valence-corrected chi connectivity index (χ0v) is 15.5. The molecule has 1 aromatic heterocycles. The standard InChI is InChI=1S/C19H19F2N3O5/c1-28-17-14-9(2-11(21)15(17)23-5-8-4-19(8,22)7-23)16(25)13(29-18(26)27)6-24(14)12-3-10(12)20/h2,6,8,10,12H,3-5,7,22H2,1H3,(H,26,27)/t8?,10-,12+,19?/m0/s1. The zero-order chi connectivity index (χ0) is 20.7. The molecule has 10 heteroatoms. The lowest BCUT2D eigenvalue weighted by Crippen LogP contribution is -2.34. The van der Waals surface area contributed by atoms with Gasteiger partial charge in [0.15, 0.2) is 17.3 Å². The number of pyridine rings is 1. The van der Waals surface area contributed by atoms with Crippen LogP contribution < -0.4 is 25.5 Å². The molecule has 3 fully saturated rings. The van der Waals surface area contributed by atoms with Crippen molar-refractivity contribution < 1.29 is 28.2 Å². The molecule has 2 aliphatic carbocycles. The lowest BCUT2D eigenvalue weighted by molar-refractivity contribution is 0.143. The van der Waals surface area contributed by atoms with Crippen molar-refractivity contribution >= 4 is 22.7 Å². The molecule has 2 aromatic rings. The number of alkyl halides is 1. The summed E-state index contributed by atoms with van der Waals surface area (Å²) in [6.07, 6.45) is -0.623. The topological polar surface area (TPSA) is 107 Å². The Kier molecular flexibility index (Phi) is 3.64. The highest BCUT2D eigenvalue weighted by atomic mass is 19.1.